The molecule has 7 heteroatoms. The summed E-state index contributed by atoms with van der Waals surface area (Å²) in [6, 6.07) is 9.77. The van der Waals surface area contributed by atoms with E-state index in [1.807, 2.05) is 0 Å². The monoisotopic (exact) mass is 343 g/mol. The van der Waals surface area contributed by atoms with Gasteiger partial charge in [-0.15, -0.1) is 0 Å². The second-order valence-electron chi connectivity index (χ2n) is 5.20. The van der Waals surface area contributed by atoms with Crippen molar-refractivity contribution >= 4 is 18.0 Å². The van der Waals surface area contributed by atoms with Gasteiger partial charge in [-0.3, -0.25) is 0 Å². The van der Waals surface area contributed by atoms with Crippen molar-refractivity contribution in [3.8, 4) is 17.2 Å². The SMILES string of the molecule is O=C(/C=C/c1ccc(O)cc1)OC(Cc1ccc(O)c(O)c1)C(=O)[O-]. The summed E-state index contributed by atoms with van der Waals surface area (Å²) >= 11 is 0. The zero-order valence-electron chi connectivity index (χ0n) is 13.0. The molecule has 0 amide bonds. The lowest BCUT2D eigenvalue weighted by Gasteiger charge is -2.18. The van der Waals surface area contributed by atoms with Gasteiger partial charge in [-0.1, -0.05) is 18.2 Å². The molecule has 130 valence electrons. The van der Waals surface area contributed by atoms with Crippen LogP contribution in [0.25, 0.3) is 6.08 Å². The lowest BCUT2D eigenvalue weighted by atomic mass is 10.1. The summed E-state index contributed by atoms with van der Waals surface area (Å²) in [5.74, 6) is -3.14. The Morgan fingerprint density at radius 3 is 2.32 bits per heavy atom. The summed E-state index contributed by atoms with van der Waals surface area (Å²) in [7, 11) is 0. The molecule has 0 bridgehead atoms. The quantitative estimate of drug-likeness (QED) is 0.401. The molecule has 0 heterocycles. The number of ether oxygens (including phenoxy) is 1. The van der Waals surface area contributed by atoms with Gasteiger partial charge in [0.05, 0.1) is 5.97 Å². The van der Waals surface area contributed by atoms with Gasteiger partial charge in [-0.2, -0.15) is 0 Å². The fourth-order valence-electron chi connectivity index (χ4n) is 2.01. The minimum Gasteiger partial charge on any atom is -0.546 e. The molecule has 1 atom stereocenters. The maximum atomic E-state index is 11.8. The number of carboxylic acid groups (broad SMARTS) is 1. The Morgan fingerprint density at radius 2 is 1.72 bits per heavy atom. The van der Waals surface area contributed by atoms with E-state index in [1.54, 1.807) is 12.1 Å². The van der Waals surface area contributed by atoms with Crippen LogP contribution < -0.4 is 5.11 Å². The molecule has 0 spiro atoms. The van der Waals surface area contributed by atoms with E-state index in [9.17, 15) is 24.9 Å². The van der Waals surface area contributed by atoms with Crippen molar-refractivity contribution < 1.29 is 34.8 Å². The van der Waals surface area contributed by atoms with Crippen molar-refractivity contribution in [1.82, 2.24) is 0 Å². The molecule has 2 aromatic carbocycles. The number of carbonyl (C=O) groups excluding carboxylic acids is 2. The third-order valence-corrected chi connectivity index (χ3v) is 3.29. The zero-order chi connectivity index (χ0) is 18.4. The second-order valence-corrected chi connectivity index (χ2v) is 5.20. The van der Waals surface area contributed by atoms with Crippen molar-refractivity contribution in [2.75, 3.05) is 0 Å². The van der Waals surface area contributed by atoms with E-state index in [2.05, 4.69) is 0 Å². The van der Waals surface area contributed by atoms with Gasteiger partial charge >= 0.3 is 5.97 Å². The van der Waals surface area contributed by atoms with Gasteiger partial charge in [0.15, 0.2) is 11.5 Å². The van der Waals surface area contributed by atoms with Crippen molar-refractivity contribution in [3.63, 3.8) is 0 Å². The number of hydrogen-bond donors (Lipinski definition) is 3. The lowest BCUT2D eigenvalue weighted by Crippen LogP contribution is -2.40. The first-order valence-corrected chi connectivity index (χ1v) is 7.24. The van der Waals surface area contributed by atoms with Crippen LogP contribution in [-0.2, 0) is 20.7 Å². The first-order valence-electron chi connectivity index (χ1n) is 7.24. The molecule has 2 rings (SSSR count). The smallest absolute Gasteiger partial charge is 0.331 e. The van der Waals surface area contributed by atoms with Gasteiger partial charge in [-0.05, 0) is 41.5 Å². The van der Waals surface area contributed by atoms with Crippen LogP contribution in [0.5, 0.6) is 17.2 Å². The Balaban J connectivity index is 2.02. The number of hydrogen-bond acceptors (Lipinski definition) is 7. The molecule has 0 fully saturated rings. The maximum Gasteiger partial charge on any atom is 0.331 e. The summed E-state index contributed by atoms with van der Waals surface area (Å²) < 4.78 is 4.85. The number of aliphatic carboxylic acids is 1. The molecule has 1 unspecified atom stereocenters. The fraction of sp³-hybridized carbons (Fsp3) is 0.111. The number of carbonyl (C=O) groups is 2. The highest BCUT2D eigenvalue weighted by Crippen LogP contribution is 2.25. The highest BCUT2D eigenvalue weighted by Gasteiger charge is 2.16. The average Bonchev–Trinajstić information content (AvgIpc) is 2.57. The van der Waals surface area contributed by atoms with E-state index < -0.39 is 23.8 Å². The van der Waals surface area contributed by atoms with Crippen LogP contribution >= 0.6 is 0 Å². The van der Waals surface area contributed by atoms with Crippen LogP contribution in [0.4, 0.5) is 0 Å². The molecular formula is C18H15O7-. The average molecular weight is 343 g/mol. The number of aromatic hydroxyl groups is 3. The van der Waals surface area contributed by atoms with E-state index in [0.29, 0.717) is 11.1 Å². The third kappa shape index (κ3) is 5.28. The van der Waals surface area contributed by atoms with Crippen LogP contribution in [0, 0.1) is 0 Å². The van der Waals surface area contributed by atoms with Crippen molar-refractivity contribution in [3.05, 3.63) is 59.7 Å². The normalized spacial score (nSPS) is 12.0. The van der Waals surface area contributed by atoms with Crippen LogP contribution in [0.2, 0.25) is 0 Å². The number of esters is 1. The van der Waals surface area contributed by atoms with Crippen molar-refractivity contribution in [2.45, 2.75) is 12.5 Å². The Morgan fingerprint density at radius 1 is 1.04 bits per heavy atom. The van der Waals surface area contributed by atoms with Gasteiger partial charge in [0.1, 0.15) is 11.9 Å². The molecule has 25 heavy (non-hydrogen) atoms. The topological polar surface area (TPSA) is 127 Å². The van der Waals surface area contributed by atoms with Gasteiger partial charge in [0.25, 0.3) is 0 Å². The first kappa shape index (κ1) is 17.9. The molecule has 0 saturated carbocycles. The first-order chi connectivity index (χ1) is 11.8. The standard InChI is InChI=1S/C18H16O7/c19-13-5-1-11(2-6-13)4-8-17(22)25-16(18(23)24)10-12-3-7-14(20)15(21)9-12/h1-9,16,19-21H,10H2,(H,23,24)/p-1/b8-4+. The third-order valence-electron chi connectivity index (χ3n) is 3.29. The molecule has 0 saturated heterocycles. The van der Waals surface area contributed by atoms with Crippen LogP contribution in [0.1, 0.15) is 11.1 Å². The van der Waals surface area contributed by atoms with Gasteiger partial charge < -0.3 is 30.0 Å². The summed E-state index contributed by atoms with van der Waals surface area (Å²) in [4.78, 5) is 22.9. The Hall–Kier alpha value is -3.48. The molecule has 0 aliphatic heterocycles. The molecule has 0 aliphatic rings. The van der Waals surface area contributed by atoms with Gasteiger partial charge in [-0.25, -0.2) is 4.79 Å². The van der Waals surface area contributed by atoms with Crippen molar-refractivity contribution in [1.29, 1.82) is 0 Å². The summed E-state index contributed by atoms with van der Waals surface area (Å²) in [5, 5.41) is 39.0. The molecule has 7 nitrogen and oxygen atoms in total. The van der Waals surface area contributed by atoms with E-state index in [1.165, 1.54) is 36.4 Å². The number of benzene rings is 2. The number of phenolic OH excluding ortho intramolecular Hbond substituents is 3. The number of phenols is 3. The van der Waals surface area contributed by atoms with Gasteiger partial charge in [0.2, 0.25) is 0 Å². The number of carboxylic acids is 1. The highest BCUT2D eigenvalue weighted by molar-refractivity contribution is 5.89. The molecule has 2 aromatic rings. The summed E-state index contributed by atoms with van der Waals surface area (Å²) in [6.07, 6.45) is 0.674. The van der Waals surface area contributed by atoms with E-state index >= 15 is 0 Å². The van der Waals surface area contributed by atoms with Crippen LogP contribution in [0.3, 0.4) is 0 Å². The van der Waals surface area contributed by atoms with Crippen molar-refractivity contribution in [2.24, 2.45) is 0 Å². The highest BCUT2D eigenvalue weighted by atomic mass is 16.6. The Kier molecular flexibility index (Phi) is 5.62. The summed E-state index contributed by atoms with van der Waals surface area (Å²) in [6.45, 7) is 0. The second kappa shape index (κ2) is 7.87. The van der Waals surface area contributed by atoms with E-state index in [0.717, 1.165) is 6.08 Å². The van der Waals surface area contributed by atoms with Crippen LogP contribution in [0.15, 0.2) is 48.5 Å². The minimum absolute atomic E-state index is 0.0777. The number of rotatable bonds is 6. The largest absolute Gasteiger partial charge is 0.546 e. The lowest BCUT2D eigenvalue weighted by molar-refractivity contribution is -0.315. The molecule has 0 radical (unpaired) electrons. The predicted octanol–water partition coefficient (Wildman–Crippen LogP) is 0.721. The predicted molar refractivity (Wildman–Crippen MR) is 85.5 cm³/mol. The molecular weight excluding hydrogens is 328 g/mol. The fourth-order valence-corrected chi connectivity index (χ4v) is 2.01. The summed E-state index contributed by atoms with van der Waals surface area (Å²) in [5.41, 5.74) is 0.961. The van der Waals surface area contributed by atoms with E-state index in [-0.39, 0.29) is 17.9 Å². The van der Waals surface area contributed by atoms with Crippen LogP contribution in [-0.4, -0.2) is 33.4 Å². The molecule has 0 aliphatic carbocycles. The zero-order valence-corrected chi connectivity index (χ0v) is 13.0. The molecule has 0 aromatic heterocycles. The maximum absolute atomic E-state index is 11.8. The van der Waals surface area contributed by atoms with E-state index in [4.69, 9.17) is 9.84 Å². The Bertz CT molecular complexity index is 794. The Labute approximate surface area is 143 Å². The van der Waals surface area contributed by atoms with Gasteiger partial charge in [0, 0.05) is 12.5 Å². The molecule has 3 N–H and O–H groups in total. The minimum atomic E-state index is -1.58.